The van der Waals surface area contributed by atoms with Gasteiger partial charge in [-0.1, -0.05) is 35.5 Å². The third kappa shape index (κ3) is 4.65. The summed E-state index contributed by atoms with van der Waals surface area (Å²) in [6.07, 6.45) is 0.682. The molecule has 170 valence electrons. The van der Waals surface area contributed by atoms with E-state index in [1.54, 1.807) is 16.4 Å². The normalized spacial score (nSPS) is 27.0. The molecule has 2 fully saturated rings. The fourth-order valence-electron chi connectivity index (χ4n) is 3.97. The fraction of sp³-hybridized carbons (Fsp3) is 0.737. The quantitative estimate of drug-likeness (QED) is 0.204. The third-order valence-corrected chi connectivity index (χ3v) is 6.46. The van der Waals surface area contributed by atoms with Crippen molar-refractivity contribution in [2.75, 3.05) is 19.0 Å². The fourth-order valence-corrected chi connectivity index (χ4v) is 4.92. The number of nitrogens with one attached hydrogen (secondary N) is 1. The van der Waals surface area contributed by atoms with Crippen LogP contribution in [0.2, 0.25) is 5.15 Å². The number of fused-ring (bicyclic) bond motifs is 2. The van der Waals surface area contributed by atoms with E-state index in [1.807, 2.05) is 20.8 Å². The zero-order valence-electron chi connectivity index (χ0n) is 18.0. The van der Waals surface area contributed by atoms with Crippen molar-refractivity contribution in [3.63, 3.8) is 0 Å². The first-order valence-electron chi connectivity index (χ1n) is 10.4. The van der Waals surface area contributed by atoms with Crippen LogP contribution < -0.4 is 0 Å². The molecule has 0 spiro atoms. The SMILES string of the molecule is CCCSc1nc(Cl)c2nnn(C3CC(OCC(=N)OCC)C4OC(C)(C)OC43)c2n1. The predicted octanol–water partition coefficient (Wildman–Crippen LogP) is 3.24. The van der Waals surface area contributed by atoms with Crippen LogP contribution in [-0.4, -0.2) is 73.9 Å². The van der Waals surface area contributed by atoms with Crippen molar-refractivity contribution in [1.82, 2.24) is 25.0 Å². The highest BCUT2D eigenvalue weighted by Crippen LogP contribution is 2.45. The number of thioether (sulfide) groups is 1. The van der Waals surface area contributed by atoms with E-state index in [9.17, 15) is 0 Å². The minimum atomic E-state index is -0.756. The van der Waals surface area contributed by atoms with Gasteiger partial charge in [0, 0.05) is 12.2 Å². The Kier molecular flexibility index (Phi) is 6.68. The van der Waals surface area contributed by atoms with E-state index in [2.05, 4.69) is 27.2 Å². The Hall–Kier alpha value is -1.53. The molecule has 4 rings (SSSR count). The van der Waals surface area contributed by atoms with Crippen LogP contribution >= 0.6 is 23.4 Å². The van der Waals surface area contributed by atoms with Crippen molar-refractivity contribution in [3.05, 3.63) is 5.15 Å². The van der Waals surface area contributed by atoms with Crippen molar-refractivity contribution in [3.8, 4) is 0 Å². The summed E-state index contributed by atoms with van der Waals surface area (Å²) < 4.78 is 25.3. The summed E-state index contributed by atoms with van der Waals surface area (Å²) >= 11 is 7.91. The van der Waals surface area contributed by atoms with Crippen LogP contribution in [0.3, 0.4) is 0 Å². The number of hydrogen-bond donors (Lipinski definition) is 1. The molecule has 2 aromatic rings. The Balaban J connectivity index is 1.62. The molecule has 1 N–H and O–H groups in total. The predicted molar refractivity (Wildman–Crippen MR) is 116 cm³/mol. The lowest BCUT2D eigenvalue weighted by molar-refractivity contribution is -0.169. The van der Waals surface area contributed by atoms with E-state index < -0.39 is 5.79 Å². The summed E-state index contributed by atoms with van der Waals surface area (Å²) in [4.78, 5) is 9.00. The summed E-state index contributed by atoms with van der Waals surface area (Å²) in [7, 11) is 0. The standard InChI is InChI=1S/C19H27ClN6O4S/c1-5-7-31-18-22-16(20)13-17(23-18)26(25-24-13)10-8-11(28-9-12(21)27-6-2)15-14(10)29-19(3,4)30-15/h10-11,14-15,21H,5-9H2,1-4H3. The van der Waals surface area contributed by atoms with E-state index in [-0.39, 0.29) is 42.0 Å². The lowest BCUT2D eigenvalue weighted by Gasteiger charge is -2.23. The molecule has 1 saturated carbocycles. The lowest BCUT2D eigenvalue weighted by Crippen LogP contribution is -2.32. The van der Waals surface area contributed by atoms with Gasteiger partial charge in [-0.15, -0.1) is 5.10 Å². The highest BCUT2D eigenvalue weighted by Gasteiger charge is 2.56. The average molecular weight is 471 g/mol. The van der Waals surface area contributed by atoms with Gasteiger partial charge in [0.05, 0.1) is 18.8 Å². The van der Waals surface area contributed by atoms with Crippen LogP contribution in [0.15, 0.2) is 5.16 Å². The molecule has 12 heteroatoms. The minimum absolute atomic E-state index is 0.0716. The third-order valence-electron chi connectivity index (χ3n) is 5.14. The molecular formula is C19H27ClN6O4S. The van der Waals surface area contributed by atoms with Crippen molar-refractivity contribution < 1.29 is 18.9 Å². The molecule has 31 heavy (non-hydrogen) atoms. The van der Waals surface area contributed by atoms with E-state index in [4.69, 9.17) is 36.0 Å². The van der Waals surface area contributed by atoms with Crippen LogP contribution in [0.25, 0.3) is 11.2 Å². The average Bonchev–Trinajstić information content (AvgIpc) is 3.36. The second-order valence-corrected chi connectivity index (χ2v) is 9.35. The van der Waals surface area contributed by atoms with Crippen LogP contribution in [-0.2, 0) is 18.9 Å². The smallest absolute Gasteiger partial charge is 0.207 e. The molecule has 4 unspecified atom stereocenters. The molecule has 1 saturated heterocycles. The van der Waals surface area contributed by atoms with Gasteiger partial charge in [0.15, 0.2) is 27.3 Å². The van der Waals surface area contributed by atoms with Gasteiger partial charge < -0.3 is 18.9 Å². The van der Waals surface area contributed by atoms with Gasteiger partial charge in [-0.05, 0) is 27.2 Å². The number of hydrogen-bond acceptors (Lipinski definition) is 10. The summed E-state index contributed by atoms with van der Waals surface area (Å²) in [5.74, 6) is 0.224. The molecule has 4 atom stereocenters. The Morgan fingerprint density at radius 2 is 2.06 bits per heavy atom. The molecule has 0 radical (unpaired) electrons. The monoisotopic (exact) mass is 470 g/mol. The maximum absolute atomic E-state index is 7.84. The number of ether oxygens (including phenoxy) is 4. The molecule has 0 amide bonds. The summed E-state index contributed by atoms with van der Waals surface area (Å²) in [5.41, 5.74) is 1.03. The molecule has 10 nitrogen and oxygen atoms in total. The minimum Gasteiger partial charge on any atom is -0.480 e. The van der Waals surface area contributed by atoms with Gasteiger partial charge in [-0.2, -0.15) is 0 Å². The van der Waals surface area contributed by atoms with Crippen molar-refractivity contribution >= 4 is 40.4 Å². The van der Waals surface area contributed by atoms with Crippen LogP contribution in [0.5, 0.6) is 0 Å². The molecule has 0 aromatic carbocycles. The number of nitrogens with zero attached hydrogens (tertiary/aromatic N) is 5. The Bertz CT molecular complexity index is 957. The van der Waals surface area contributed by atoms with E-state index in [0.717, 1.165) is 12.2 Å². The van der Waals surface area contributed by atoms with Crippen LogP contribution in [0.1, 0.15) is 46.6 Å². The highest BCUT2D eigenvalue weighted by atomic mass is 35.5. The maximum atomic E-state index is 7.84. The molecule has 2 aromatic heterocycles. The topological polar surface area (TPSA) is 117 Å². The maximum Gasteiger partial charge on any atom is 0.207 e. The summed E-state index contributed by atoms with van der Waals surface area (Å²) in [6.45, 7) is 8.18. The first-order valence-corrected chi connectivity index (χ1v) is 11.8. The Morgan fingerprint density at radius 3 is 2.81 bits per heavy atom. The van der Waals surface area contributed by atoms with Crippen LogP contribution in [0.4, 0.5) is 0 Å². The van der Waals surface area contributed by atoms with E-state index in [0.29, 0.717) is 29.3 Å². The second kappa shape index (κ2) is 9.14. The van der Waals surface area contributed by atoms with Crippen LogP contribution in [0, 0.1) is 5.41 Å². The number of halogens is 1. The molecule has 3 heterocycles. The molecule has 0 bridgehead atoms. The summed E-state index contributed by atoms with van der Waals surface area (Å²) in [6, 6.07) is -0.210. The van der Waals surface area contributed by atoms with Gasteiger partial charge in [-0.25, -0.2) is 14.6 Å². The zero-order chi connectivity index (χ0) is 22.2. The zero-order valence-corrected chi connectivity index (χ0v) is 19.6. The van der Waals surface area contributed by atoms with E-state index >= 15 is 0 Å². The van der Waals surface area contributed by atoms with Crippen molar-refractivity contribution in [2.24, 2.45) is 0 Å². The van der Waals surface area contributed by atoms with Gasteiger partial charge in [-0.3, -0.25) is 5.41 Å². The highest BCUT2D eigenvalue weighted by molar-refractivity contribution is 7.99. The van der Waals surface area contributed by atoms with Gasteiger partial charge in [0.25, 0.3) is 0 Å². The van der Waals surface area contributed by atoms with Gasteiger partial charge in [0.2, 0.25) is 5.90 Å². The molecule has 1 aliphatic carbocycles. The lowest BCUT2D eigenvalue weighted by atomic mass is 10.2. The molecule has 2 aliphatic rings. The first-order chi connectivity index (χ1) is 14.8. The van der Waals surface area contributed by atoms with Gasteiger partial charge in [0.1, 0.15) is 18.8 Å². The Labute approximate surface area is 189 Å². The first kappa shape index (κ1) is 22.7. The number of rotatable bonds is 8. The van der Waals surface area contributed by atoms with E-state index in [1.165, 1.54) is 0 Å². The molecular weight excluding hydrogens is 444 g/mol. The van der Waals surface area contributed by atoms with Crippen molar-refractivity contribution in [2.45, 2.75) is 75.8 Å². The van der Waals surface area contributed by atoms with Crippen molar-refractivity contribution in [1.29, 1.82) is 5.41 Å². The Morgan fingerprint density at radius 1 is 1.29 bits per heavy atom. The molecule has 1 aliphatic heterocycles. The second-order valence-electron chi connectivity index (χ2n) is 7.93. The van der Waals surface area contributed by atoms with Gasteiger partial charge >= 0.3 is 0 Å². The number of aromatic nitrogens is 5. The summed E-state index contributed by atoms with van der Waals surface area (Å²) in [5, 5.41) is 17.3. The largest absolute Gasteiger partial charge is 0.480 e.